The lowest BCUT2D eigenvalue weighted by molar-refractivity contribution is -0.119. The van der Waals surface area contributed by atoms with Crippen LogP contribution in [0.2, 0.25) is 0 Å². The molecule has 0 atom stereocenters. The molecule has 0 saturated heterocycles. The molecule has 5 heteroatoms. The minimum atomic E-state index is -0.234. The molecule has 0 spiro atoms. The van der Waals surface area contributed by atoms with Crippen molar-refractivity contribution in [1.29, 1.82) is 0 Å². The van der Waals surface area contributed by atoms with Gasteiger partial charge in [0.2, 0.25) is 11.8 Å². The van der Waals surface area contributed by atoms with Crippen LogP contribution in [0.4, 0.5) is 11.4 Å². The third kappa shape index (κ3) is 5.05. The molecule has 0 radical (unpaired) electrons. The van der Waals surface area contributed by atoms with E-state index in [1.807, 2.05) is 45.0 Å². The molecule has 1 aromatic carbocycles. The van der Waals surface area contributed by atoms with Crippen LogP contribution in [0.3, 0.4) is 0 Å². The topological polar surface area (TPSA) is 71.1 Å². The smallest absolute Gasteiger partial charge is 0.248 e. The average Bonchev–Trinajstić information content (AvgIpc) is 2.57. The lowest BCUT2D eigenvalue weighted by Crippen LogP contribution is -2.18. The summed E-state index contributed by atoms with van der Waals surface area (Å²) >= 11 is 0. The molecule has 124 valence electrons. The maximum atomic E-state index is 12.1. The average molecular weight is 323 g/mol. The number of nitrogens with zero attached hydrogens (tertiary/aromatic N) is 1. The SMILES string of the molecule is Cc1ccc(NC(=O)C(C)C)cc1NC(=O)/C=C/c1ccncc1. The summed E-state index contributed by atoms with van der Waals surface area (Å²) in [5.74, 6) is -0.399. The zero-order valence-corrected chi connectivity index (χ0v) is 14.0. The predicted molar refractivity (Wildman–Crippen MR) is 96.5 cm³/mol. The lowest BCUT2D eigenvalue weighted by Gasteiger charge is -2.12. The van der Waals surface area contributed by atoms with Crippen molar-refractivity contribution in [2.45, 2.75) is 20.8 Å². The van der Waals surface area contributed by atoms with Crippen molar-refractivity contribution in [2.24, 2.45) is 5.92 Å². The minimum absolute atomic E-state index is 0.0614. The second-order valence-corrected chi connectivity index (χ2v) is 5.78. The number of anilines is 2. The number of benzene rings is 1. The Labute approximate surface area is 141 Å². The molecule has 1 heterocycles. The highest BCUT2D eigenvalue weighted by atomic mass is 16.2. The van der Waals surface area contributed by atoms with Gasteiger partial charge in [-0.3, -0.25) is 14.6 Å². The third-order valence-corrected chi connectivity index (χ3v) is 3.42. The first kappa shape index (κ1) is 17.4. The second-order valence-electron chi connectivity index (χ2n) is 5.78. The summed E-state index contributed by atoms with van der Waals surface area (Å²) < 4.78 is 0. The Morgan fingerprint density at radius 2 is 1.79 bits per heavy atom. The van der Waals surface area contributed by atoms with Crippen LogP contribution in [-0.2, 0) is 9.59 Å². The number of aromatic nitrogens is 1. The van der Waals surface area contributed by atoms with Gasteiger partial charge < -0.3 is 10.6 Å². The number of pyridine rings is 1. The molecule has 5 nitrogen and oxygen atoms in total. The van der Waals surface area contributed by atoms with Crippen LogP contribution < -0.4 is 10.6 Å². The zero-order valence-electron chi connectivity index (χ0n) is 14.0. The fourth-order valence-corrected chi connectivity index (χ4v) is 1.94. The highest BCUT2D eigenvalue weighted by Gasteiger charge is 2.09. The number of amides is 2. The summed E-state index contributed by atoms with van der Waals surface area (Å²) in [6, 6.07) is 9.07. The van der Waals surface area contributed by atoms with Crippen LogP contribution in [0, 0.1) is 12.8 Å². The maximum Gasteiger partial charge on any atom is 0.248 e. The summed E-state index contributed by atoms with van der Waals surface area (Å²) in [4.78, 5) is 27.8. The van der Waals surface area contributed by atoms with Gasteiger partial charge in [0.05, 0.1) is 0 Å². The second kappa shape index (κ2) is 8.06. The first-order valence-corrected chi connectivity index (χ1v) is 7.76. The van der Waals surface area contributed by atoms with Crippen LogP contribution in [0.25, 0.3) is 6.08 Å². The van der Waals surface area contributed by atoms with Gasteiger partial charge in [-0.05, 0) is 48.4 Å². The van der Waals surface area contributed by atoms with Gasteiger partial charge in [-0.2, -0.15) is 0 Å². The van der Waals surface area contributed by atoms with Crippen molar-refractivity contribution in [3.05, 3.63) is 59.9 Å². The van der Waals surface area contributed by atoms with E-state index in [0.29, 0.717) is 11.4 Å². The number of hydrogen-bond acceptors (Lipinski definition) is 3. The summed E-state index contributed by atoms with van der Waals surface area (Å²) in [5, 5.41) is 5.66. The monoisotopic (exact) mass is 323 g/mol. The van der Waals surface area contributed by atoms with Crippen LogP contribution in [0.1, 0.15) is 25.0 Å². The van der Waals surface area contributed by atoms with Gasteiger partial charge in [0.15, 0.2) is 0 Å². The minimum Gasteiger partial charge on any atom is -0.326 e. The van der Waals surface area contributed by atoms with E-state index in [4.69, 9.17) is 0 Å². The Morgan fingerprint density at radius 3 is 2.46 bits per heavy atom. The number of rotatable bonds is 5. The molecule has 2 amide bonds. The lowest BCUT2D eigenvalue weighted by atomic mass is 10.1. The van der Waals surface area contributed by atoms with E-state index < -0.39 is 0 Å². The Morgan fingerprint density at radius 1 is 1.08 bits per heavy atom. The number of aryl methyl sites for hydroxylation is 1. The summed E-state index contributed by atoms with van der Waals surface area (Å²) in [7, 11) is 0. The Kier molecular flexibility index (Phi) is 5.84. The molecular weight excluding hydrogens is 302 g/mol. The van der Waals surface area contributed by atoms with Crippen molar-refractivity contribution in [3.8, 4) is 0 Å². The number of carbonyl (C=O) groups excluding carboxylic acids is 2. The van der Waals surface area contributed by atoms with Crippen molar-refractivity contribution >= 4 is 29.3 Å². The quantitative estimate of drug-likeness (QED) is 0.825. The van der Waals surface area contributed by atoms with Crippen molar-refractivity contribution in [2.75, 3.05) is 10.6 Å². The molecule has 0 saturated carbocycles. The normalized spacial score (nSPS) is 10.8. The molecule has 0 bridgehead atoms. The van der Waals surface area contributed by atoms with E-state index in [2.05, 4.69) is 15.6 Å². The van der Waals surface area contributed by atoms with Crippen molar-refractivity contribution < 1.29 is 9.59 Å². The van der Waals surface area contributed by atoms with Crippen LogP contribution in [0.5, 0.6) is 0 Å². The first-order chi connectivity index (χ1) is 11.5. The standard InChI is InChI=1S/C19H21N3O2/c1-13(2)19(24)21-16-6-4-14(3)17(12-16)22-18(23)7-5-15-8-10-20-11-9-15/h4-13H,1-3H3,(H,21,24)(H,22,23)/b7-5+. The summed E-state index contributed by atoms with van der Waals surface area (Å²) in [6.45, 7) is 5.56. The van der Waals surface area contributed by atoms with E-state index in [-0.39, 0.29) is 17.7 Å². The summed E-state index contributed by atoms with van der Waals surface area (Å²) in [6.07, 6.45) is 6.52. The van der Waals surface area contributed by atoms with Gasteiger partial charge in [0.1, 0.15) is 0 Å². The fraction of sp³-hybridized carbons (Fsp3) is 0.211. The van der Waals surface area contributed by atoms with Gasteiger partial charge in [0.25, 0.3) is 0 Å². The van der Waals surface area contributed by atoms with Gasteiger partial charge >= 0.3 is 0 Å². The molecule has 1 aromatic heterocycles. The molecule has 24 heavy (non-hydrogen) atoms. The molecule has 2 rings (SSSR count). The molecule has 0 unspecified atom stereocenters. The van der Waals surface area contributed by atoms with Crippen LogP contribution in [-0.4, -0.2) is 16.8 Å². The largest absolute Gasteiger partial charge is 0.326 e. The van der Waals surface area contributed by atoms with E-state index in [9.17, 15) is 9.59 Å². The molecule has 0 aliphatic heterocycles. The molecule has 0 aliphatic carbocycles. The molecule has 2 N–H and O–H groups in total. The third-order valence-electron chi connectivity index (χ3n) is 3.42. The van der Waals surface area contributed by atoms with Gasteiger partial charge in [-0.25, -0.2) is 0 Å². The summed E-state index contributed by atoms with van der Waals surface area (Å²) in [5.41, 5.74) is 3.15. The molecule has 2 aromatic rings. The van der Waals surface area contributed by atoms with E-state index in [1.54, 1.807) is 24.5 Å². The van der Waals surface area contributed by atoms with Crippen molar-refractivity contribution in [1.82, 2.24) is 4.98 Å². The molecule has 0 aliphatic rings. The molecule has 0 fully saturated rings. The predicted octanol–water partition coefficient (Wildman–Crippen LogP) is 3.64. The Bertz CT molecular complexity index is 752. The number of hydrogen-bond donors (Lipinski definition) is 2. The number of nitrogens with one attached hydrogen (secondary N) is 2. The van der Waals surface area contributed by atoms with Gasteiger partial charge in [0, 0.05) is 35.8 Å². The zero-order chi connectivity index (χ0) is 17.5. The Balaban J connectivity index is 2.07. The molecular formula is C19H21N3O2. The fourth-order valence-electron chi connectivity index (χ4n) is 1.94. The van der Waals surface area contributed by atoms with Crippen LogP contribution >= 0.6 is 0 Å². The van der Waals surface area contributed by atoms with Crippen LogP contribution in [0.15, 0.2) is 48.8 Å². The van der Waals surface area contributed by atoms with E-state index in [1.165, 1.54) is 6.08 Å². The highest BCUT2D eigenvalue weighted by molar-refractivity contribution is 6.03. The maximum absolute atomic E-state index is 12.1. The van der Waals surface area contributed by atoms with Gasteiger partial charge in [-0.15, -0.1) is 0 Å². The van der Waals surface area contributed by atoms with Gasteiger partial charge in [-0.1, -0.05) is 19.9 Å². The first-order valence-electron chi connectivity index (χ1n) is 7.76. The Hall–Kier alpha value is -2.95. The van der Waals surface area contributed by atoms with E-state index >= 15 is 0 Å². The highest BCUT2D eigenvalue weighted by Crippen LogP contribution is 2.21. The number of carbonyl (C=O) groups is 2. The van der Waals surface area contributed by atoms with E-state index in [0.717, 1.165) is 11.1 Å². The van der Waals surface area contributed by atoms with Crippen molar-refractivity contribution in [3.63, 3.8) is 0 Å².